The summed E-state index contributed by atoms with van der Waals surface area (Å²) < 4.78 is 32.4. The first-order valence-electron chi connectivity index (χ1n) is 11.4. The molecule has 1 aliphatic heterocycles. The van der Waals surface area contributed by atoms with Gasteiger partial charge in [-0.05, 0) is 81.5 Å². The maximum atomic E-state index is 12.8. The fourth-order valence-corrected chi connectivity index (χ4v) is 8.66. The number of amides is 2. The Morgan fingerprint density at radius 3 is 2.23 bits per heavy atom. The summed E-state index contributed by atoms with van der Waals surface area (Å²) in [6.45, 7) is 2.50. The van der Waals surface area contributed by atoms with Crippen LogP contribution in [0.5, 0.6) is 0 Å². The Labute approximate surface area is 183 Å². The van der Waals surface area contributed by atoms with Crippen molar-refractivity contribution in [2.75, 3.05) is 13.1 Å². The summed E-state index contributed by atoms with van der Waals surface area (Å²) >= 11 is 0. The standard InChI is InChI=1S/C22H31N3O5S/c1-14-19(31(28,29)25-4-2-3-5-25)9-18(30-14)21(27)24-23-20(26)13-22-10-15-6-16(11-22)8-17(7-15)12-22/h9,15-17H,2-8,10-13H2,1H3,(H,23,26)(H,24,27). The Morgan fingerprint density at radius 1 is 1.06 bits per heavy atom. The number of nitrogens with zero attached hydrogens (tertiary/aromatic N) is 1. The summed E-state index contributed by atoms with van der Waals surface area (Å²) in [5.74, 6) is 1.50. The molecule has 8 nitrogen and oxygen atoms in total. The summed E-state index contributed by atoms with van der Waals surface area (Å²) in [6.07, 6.45) is 9.41. The smallest absolute Gasteiger partial charge is 0.305 e. The van der Waals surface area contributed by atoms with E-state index in [2.05, 4.69) is 10.9 Å². The Bertz CT molecular complexity index is 958. The summed E-state index contributed by atoms with van der Waals surface area (Å²) in [5.41, 5.74) is 5.01. The Hall–Kier alpha value is -1.87. The van der Waals surface area contributed by atoms with Crippen LogP contribution in [-0.4, -0.2) is 37.6 Å². The SMILES string of the molecule is Cc1oc(C(=O)NNC(=O)CC23CC4CC(CC(C4)C2)C3)cc1S(=O)(=O)N1CCCC1. The first-order valence-corrected chi connectivity index (χ1v) is 12.9. The van der Waals surface area contributed by atoms with Crippen LogP contribution in [0.3, 0.4) is 0 Å². The van der Waals surface area contributed by atoms with Gasteiger partial charge in [-0.1, -0.05) is 0 Å². The third-order valence-corrected chi connectivity index (χ3v) is 9.80. The molecule has 0 radical (unpaired) electrons. The molecule has 1 saturated heterocycles. The molecule has 4 bridgehead atoms. The van der Waals surface area contributed by atoms with Crippen LogP contribution in [0.2, 0.25) is 0 Å². The Balaban J connectivity index is 1.20. The highest BCUT2D eigenvalue weighted by molar-refractivity contribution is 7.89. The number of hydrogen-bond acceptors (Lipinski definition) is 5. The van der Waals surface area contributed by atoms with E-state index in [-0.39, 0.29) is 27.7 Å². The second-order valence-electron chi connectivity index (χ2n) is 10.2. The van der Waals surface area contributed by atoms with E-state index in [0.29, 0.717) is 19.5 Å². The van der Waals surface area contributed by atoms with Gasteiger partial charge in [0.25, 0.3) is 0 Å². The Kier molecular flexibility index (Phi) is 5.16. The molecule has 5 fully saturated rings. The average Bonchev–Trinajstić information content (AvgIpc) is 3.35. The number of aryl methyl sites for hydroxylation is 1. The van der Waals surface area contributed by atoms with Crippen LogP contribution in [0.15, 0.2) is 15.4 Å². The minimum atomic E-state index is -3.67. The van der Waals surface area contributed by atoms with Crippen LogP contribution < -0.4 is 10.9 Å². The van der Waals surface area contributed by atoms with Crippen molar-refractivity contribution in [2.45, 2.75) is 69.6 Å². The molecule has 31 heavy (non-hydrogen) atoms. The van der Waals surface area contributed by atoms with E-state index in [0.717, 1.165) is 49.9 Å². The van der Waals surface area contributed by atoms with Crippen molar-refractivity contribution < 1.29 is 22.4 Å². The number of rotatable bonds is 5. The first kappa shape index (κ1) is 21.0. The van der Waals surface area contributed by atoms with Crippen LogP contribution >= 0.6 is 0 Å². The van der Waals surface area contributed by atoms with Crippen LogP contribution in [-0.2, 0) is 14.8 Å². The number of hydrogen-bond donors (Lipinski definition) is 2. The van der Waals surface area contributed by atoms with E-state index in [4.69, 9.17) is 4.42 Å². The molecule has 2 heterocycles. The quantitative estimate of drug-likeness (QED) is 0.672. The first-order chi connectivity index (χ1) is 14.7. The van der Waals surface area contributed by atoms with Crippen molar-refractivity contribution in [3.05, 3.63) is 17.6 Å². The lowest BCUT2D eigenvalue weighted by Gasteiger charge is -2.56. The fraction of sp³-hybridized carbons (Fsp3) is 0.727. The van der Waals surface area contributed by atoms with Crippen molar-refractivity contribution in [2.24, 2.45) is 23.2 Å². The molecule has 1 aromatic rings. The molecule has 5 aliphatic rings. The molecule has 0 aromatic carbocycles. The minimum absolute atomic E-state index is 0.0134. The molecule has 2 N–H and O–H groups in total. The van der Waals surface area contributed by atoms with Gasteiger partial charge in [-0.25, -0.2) is 8.42 Å². The molecule has 6 rings (SSSR count). The van der Waals surface area contributed by atoms with Crippen molar-refractivity contribution in [1.82, 2.24) is 15.2 Å². The number of carbonyl (C=O) groups is 2. The lowest BCUT2D eigenvalue weighted by atomic mass is 9.49. The number of carbonyl (C=O) groups excluding carboxylic acids is 2. The molecule has 0 unspecified atom stereocenters. The highest BCUT2D eigenvalue weighted by Crippen LogP contribution is 2.61. The summed E-state index contributed by atoms with van der Waals surface area (Å²) in [7, 11) is -3.67. The van der Waals surface area contributed by atoms with Gasteiger partial charge in [-0.3, -0.25) is 20.4 Å². The van der Waals surface area contributed by atoms with Gasteiger partial charge in [0.05, 0.1) is 0 Å². The average molecular weight is 450 g/mol. The molecule has 9 heteroatoms. The molecular formula is C22H31N3O5S. The lowest BCUT2D eigenvalue weighted by Crippen LogP contribution is -2.50. The molecule has 0 atom stereocenters. The van der Waals surface area contributed by atoms with Crippen molar-refractivity contribution in [3.8, 4) is 0 Å². The van der Waals surface area contributed by atoms with Crippen LogP contribution in [0.4, 0.5) is 0 Å². The van der Waals surface area contributed by atoms with Crippen molar-refractivity contribution >= 4 is 21.8 Å². The zero-order valence-corrected chi connectivity index (χ0v) is 18.8. The van der Waals surface area contributed by atoms with Gasteiger partial charge >= 0.3 is 5.91 Å². The van der Waals surface area contributed by atoms with Crippen LogP contribution in [0.25, 0.3) is 0 Å². The predicted molar refractivity (Wildman–Crippen MR) is 112 cm³/mol. The van der Waals surface area contributed by atoms with Gasteiger partial charge in [0, 0.05) is 25.6 Å². The highest BCUT2D eigenvalue weighted by Gasteiger charge is 2.51. The third kappa shape index (κ3) is 3.91. The maximum absolute atomic E-state index is 12.8. The fourth-order valence-electron chi connectivity index (χ4n) is 6.98. The highest BCUT2D eigenvalue weighted by atomic mass is 32.2. The number of nitrogens with one attached hydrogen (secondary N) is 2. The molecule has 1 aromatic heterocycles. The van der Waals surface area contributed by atoms with Crippen LogP contribution in [0, 0.1) is 30.1 Å². The van der Waals surface area contributed by atoms with Crippen LogP contribution in [0.1, 0.15) is 74.1 Å². The van der Waals surface area contributed by atoms with Gasteiger partial charge in [0.2, 0.25) is 15.9 Å². The lowest BCUT2D eigenvalue weighted by molar-refractivity contribution is -0.130. The molecule has 170 valence electrons. The second kappa shape index (κ2) is 7.62. The van der Waals surface area contributed by atoms with E-state index in [1.54, 1.807) is 0 Å². The largest absolute Gasteiger partial charge is 0.455 e. The van der Waals surface area contributed by atoms with Gasteiger partial charge in [-0.2, -0.15) is 4.31 Å². The zero-order chi connectivity index (χ0) is 21.8. The van der Waals surface area contributed by atoms with Gasteiger partial charge < -0.3 is 4.42 Å². The third-order valence-electron chi connectivity index (χ3n) is 7.79. The van der Waals surface area contributed by atoms with E-state index in [9.17, 15) is 18.0 Å². The summed E-state index contributed by atoms with van der Waals surface area (Å²) in [4.78, 5) is 25.1. The molecule has 2 amide bonds. The van der Waals surface area contributed by atoms with E-state index in [1.807, 2.05) is 0 Å². The second-order valence-corrected chi connectivity index (χ2v) is 12.1. The number of furan rings is 1. The van der Waals surface area contributed by atoms with Gasteiger partial charge in [-0.15, -0.1) is 0 Å². The van der Waals surface area contributed by atoms with E-state index in [1.165, 1.54) is 36.6 Å². The zero-order valence-electron chi connectivity index (χ0n) is 18.0. The topological polar surface area (TPSA) is 109 Å². The molecule has 4 aliphatic carbocycles. The summed E-state index contributed by atoms with van der Waals surface area (Å²) in [6, 6.07) is 1.25. The van der Waals surface area contributed by atoms with Gasteiger partial charge in [0.1, 0.15) is 10.7 Å². The minimum Gasteiger partial charge on any atom is -0.455 e. The van der Waals surface area contributed by atoms with E-state index < -0.39 is 15.9 Å². The maximum Gasteiger partial charge on any atom is 0.305 e. The summed E-state index contributed by atoms with van der Waals surface area (Å²) in [5, 5.41) is 0. The normalized spacial score (nSPS) is 32.4. The number of sulfonamides is 1. The molecule has 4 saturated carbocycles. The molecule has 0 spiro atoms. The van der Waals surface area contributed by atoms with Crippen molar-refractivity contribution in [1.29, 1.82) is 0 Å². The van der Waals surface area contributed by atoms with E-state index >= 15 is 0 Å². The predicted octanol–water partition coefficient (Wildman–Crippen LogP) is 2.74. The number of hydrazine groups is 1. The molecular weight excluding hydrogens is 418 g/mol. The Morgan fingerprint density at radius 2 is 1.65 bits per heavy atom. The van der Waals surface area contributed by atoms with Gasteiger partial charge in [0.15, 0.2) is 5.76 Å². The monoisotopic (exact) mass is 449 g/mol. The van der Waals surface area contributed by atoms with Crippen molar-refractivity contribution in [3.63, 3.8) is 0 Å².